The highest BCUT2D eigenvalue weighted by Crippen LogP contribution is 2.10. The molecule has 1 atom stereocenters. The number of nitrogens with zero attached hydrogens (tertiary/aromatic N) is 5. The van der Waals surface area contributed by atoms with E-state index < -0.39 is 24.5 Å². The van der Waals surface area contributed by atoms with Crippen LogP contribution in [0.25, 0.3) is 11.0 Å². The van der Waals surface area contributed by atoms with Crippen molar-refractivity contribution in [3.63, 3.8) is 0 Å². The fraction of sp³-hybridized carbons (Fsp3) is 0.167. The number of benzene rings is 1. The van der Waals surface area contributed by atoms with Crippen molar-refractivity contribution in [2.24, 2.45) is 0 Å². The van der Waals surface area contributed by atoms with Gasteiger partial charge in [-0.1, -0.05) is 0 Å². The Morgan fingerprint density at radius 3 is 2.70 bits per heavy atom. The highest BCUT2D eigenvalue weighted by Gasteiger charge is 2.21. The molecule has 0 fully saturated rings. The van der Waals surface area contributed by atoms with E-state index in [-0.39, 0.29) is 0 Å². The molecule has 0 radical (unpaired) electrons. The van der Waals surface area contributed by atoms with Crippen LogP contribution in [0.2, 0.25) is 0 Å². The van der Waals surface area contributed by atoms with E-state index in [9.17, 15) is 14.7 Å². The van der Waals surface area contributed by atoms with Crippen LogP contribution in [-0.4, -0.2) is 59.9 Å². The summed E-state index contributed by atoms with van der Waals surface area (Å²) in [6, 6.07) is 3.57. The fourth-order valence-electron chi connectivity index (χ4n) is 1.88. The third-order valence-corrected chi connectivity index (χ3v) is 3.04. The van der Waals surface area contributed by atoms with Crippen LogP contribution in [0.15, 0.2) is 30.9 Å². The lowest BCUT2D eigenvalue weighted by Gasteiger charge is -2.16. The number of H-pyrrole nitrogens is 1. The molecular weight excluding hydrogens is 304 g/mol. The number of aromatic nitrogens is 6. The van der Waals surface area contributed by atoms with Gasteiger partial charge in [0.2, 0.25) is 0 Å². The highest BCUT2D eigenvalue weighted by molar-refractivity contribution is 6.00. The maximum absolute atomic E-state index is 12.2. The number of carbonyl (C=O) groups is 2. The van der Waals surface area contributed by atoms with Crippen LogP contribution in [0.3, 0.4) is 0 Å². The summed E-state index contributed by atoms with van der Waals surface area (Å²) >= 11 is 0. The number of aliphatic hydroxyl groups is 1. The quantitative estimate of drug-likeness (QED) is 0.443. The summed E-state index contributed by atoms with van der Waals surface area (Å²) < 4.78 is 1.21. The van der Waals surface area contributed by atoms with Gasteiger partial charge in [-0.2, -0.15) is 15.4 Å². The van der Waals surface area contributed by atoms with Crippen LogP contribution >= 0.6 is 0 Å². The summed E-state index contributed by atoms with van der Waals surface area (Å²) in [5.74, 6) is -1.13. The zero-order valence-corrected chi connectivity index (χ0v) is 11.7. The molecule has 2 heterocycles. The largest absolute Gasteiger partial charge is 0.394 e. The minimum atomic E-state index is -1.13. The van der Waals surface area contributed by atoms with Crippen LogP contribution in [0.4, 0.5) is 0 Å². The zero-order valence-electron chi connectivity index (χ0n) is 11.7. The van der Waals surface area contributed by atoms with Gasteiger partial charge in [-0.05, 0) is 18.2 Å². The van der Waals surface area contributed by atoms with Crippen LogP contribution in [0.5, 0.6) is 0 Å². The number of hydrogen-bond donors (Lipinski definition) is 4. The van der Waals surface area contributed by atoms with Gasteiger partial charge in [0.25, 0.3) is 11.8 Å². The van der Waals surface area contributed by atoms with Crippen molar-refractivity contribution in [1.82, 2.24) is 35.6 Å². The minimum absolute atomic E-state index is 0.293. The first-order chi connectivity index (χ1) is 11.2. The normalized spacial score (nSPS) is 12.0. The lowest BCUT2D eigenvalue weighted by molar-refractivity contribution is -0.119. The van der Waals surface area contributed by atoms with E-state index in [1.165, 1.54) is 23.4 Å². The molecule has 118 valence electrons. The standard InChI is InChI=1S/C12H12N8O3/c21-4-10(12(23)18-20-5-13-14-6-20)15-11(22)7-1-2-8-9(3-7)17-19-16-8/h1-3,5-6,10,21H,4H2,(H,15,22)(H,18,23)(H,16,17,19). The third kappa shape index (κ3) is 3.13. The Hall–Kier alpha value is -3.34. The maximum atomic E-state index is 12.2. The van der Waals surface area contributed by atoms with Crippen molar-refractivity contribution < 1.29 is 14.7 Å². The van der Waals surface area contributed by atoms with Gasteiger partial charge in [-0.3, -0.25) is 15.0 Å². The van der Waals surface area contributed by atoms with E-state index in [4.69, 9.17) is 0 Å². The predicted octanol–water partition coefficient (Wildman–Crippen LogP) is -1.59. The molecule has 2 aromatic heterocycles. The molecule has 0 aliphatic carbocycles. The molecule has 3 aromatic rings. The van der Waals surface area contributed by atoms with E-state index in [0.717, 1.165) is 0 Å². The third-order valence-electron chi connectivity index (χ3n) is 3.04. The molecule has 0 aliphatic heterocycles. The van der Waals surface area contributed by atoms with E-state index in [2.05, 4.69) is 36.4 Å². The average molecular weight is 316 g/mol. The summed E-state index contributed by atoms with van der Waals surface area (Å²) in [7, 11) is 0. The molecule has 4 N–H and O–H groups in total. The van der Waals surface area contributed by atoms with E-state index in [0.29, 0.717) is 16.6 Å². The number of amides is 2. The first-order valence-electron chi connectivity index (χ1n) is 6.55. The molecular formula is C12H12N8O3. The van der Waals surface area contributed by atoms with Crippen LogP contribution in [-0.2, 0) is 4.79 Å². The first-order valence-corrected chi connectivity index (χ1v) is 6.55. The van der Waals surface area contributed by atoms with Crippen molar-refractivity contribution in [3.05, 3.63) is 36.4 Å². The van der Waals surface area contributed by atoms with Gasteiger partial charge in [-0.15, -0.1) is 10.2 Å². The zero-order chi connectivity index (χ0) is 16.2. The lowest BCUT2D eigenvalue weighted by atomic mass is 10.1. The molecule has 3 rings (SSSR count). The molecule has 11 heteroatoms. The summed E-state index contributed by atoms with van der Waals surface area (Å²) in [4.78, 5) is 24.2. The number of rotatable bonds is 5. The van der Waals surface area contributed by atoms with Crippen molar-refractivity contribution in [1.29, 1.82) is 0 Å². The molecule has 0 aliphatic rings. The molecule has 0 saturated heterocycles. The van der Waals surface area contributed by atoms with Crippen LogP contribution in [0, 0.1) is 0 Å². The lowest BCUT2D eigenvalue weighted by Crippen LogP contribution is -2.47. The second-order valence-corrected chi connectivity index (χ2v) is 4.58. The second kappa shape index (κ2) is 6.19. The Morgan fingerprint density at radius 1 is 1.22 bits per heavy atom. The summed E-state index contributed by atoms with van der Waals surface area (Å²) in [5, 5.41) is 29.0. The Bertz CT molecular complexity index is 828. The summed E-state index contributed by atoms with van der Waals surface area (Å²) in [6.45, 7) is -0.564. The number of fused-ring (bicyclic) bond motifs is 1. The number of aliphatic hydroxyl groups excluding tert-OH is 1. The average Bonchev–Trinajstić information content (AvgIpc) is 3.22. The van der Waals surface area contributed by atoms with Crippen LogP contribution < -0.4 is 10.7 Å². The fourth-order valence-corrected chi connectivity index (χ4v) is 1.88. The van der Waals surface area contributed by atoms with Crippen molar-refractivity contribution >= 4 is 22.8 Å². The highest BCUT2D eigenvalue weighted by atomic mass is 16.3. The number of hydrogen-bond acceptors (Lipinski definition) is 7. The van der Waals surface area contributed by atoms with Gasteiger partial charge >= 0.3 is 0 Å². The SMILES string of the molecule is O=C(NC(CO)C(=O)Nn1cnnc1)c1ccc2n[nH]nc2c1. The first kappa shape index (κ1) is 14.6. The number of nitrogens with one attached hydrogen (secondary N) is 3. The summed E-state index contributed by atoms with van der Waals surface area (Å²) in [5.41, 5.74) is 3.84. The van der Waals surface area contributed by atoms with Gasteiger partial charge in [-0.25, -0.2) is 4.68 Å². The van der Waals surface area contributed by atoms with E-state index >= 15 is 0 Å². The van der Waals surface area contributed by atoms with Crippen LogP contribution in [0.1, 0.15) is 10.4 Å². The minimum Gasteiger partial charge on any atom is -0.394 e. The predicted molar refractivity (Wildman–Crippen MR) is 76.6 cm³/mol. The van der Waals surface area contributed by atoms with Gasteiger partial charge in [0.1, 0.15) is 29.7 Å². The number of aromatic amines is 1. The van der Waals surface area contributed by atoms with Gasteiger partial charge in [0.15, 0.2) is 0 Å². The molecule has 23 heavy (non-hydrogen) atoms. The Morgan fingerprint density at radius 2 is 1.96 bits per heavy atom. The molecule has 0 saturated carbocycles. The monoisotopic (exact) mass is 316 g/mol. The van der Waals surface area contributed by atoms with Gasteiger partial charge in [0, 0.05) is 5.56 Å². The van der Waals surface area contributed by atoms with Crippen molar-refractivity contribution in [2.75, 3.05) is 12.0 Å². The van der Waals surface area contributed by atoms with Gasteiger partial charge in [0.05, 0.1) is 6.61 Å². The molecule has 1 unspecified atom stereocenters. The van der Waals surface area contributed by atoms with E-state index in [1.54, 1.807) is 12.1 Å². The van der Waals surface area contributed by atoms with Crippen molar-refractivity contribution in [3.8, 4) is 0 Å². The topological polar surface area (TPSA) is 151 Å². The Balaban J connectivity index is 1.70. The summed E-state index contributed by atoms with van der Waals surface area (Å²) in [6.07, 6.45) is 2.54. The Kier molecular flexibility index (Phi) is 3.93. The Labute approximate surface area is 128 Å². The van der Waals surface area contributed by atoms with Crippen molar-refractivity contribution in [2.45, 2.75) is 6.04 Å². The molecule has 0 spiro atoms. The van der Waals surface area contributed by atoms with Gasteiger partial charge < -0.3 is 10.4 Å². The number of carbonyl (C=O) groups excluding carboxylic acids is 2. The molecule has 11 nitrogen and oxygen atoms in total. The molecule has 1 aromatic carbocycles. The second-order valence-electron chi connectivity index (χ2n) is 4.58. The van der Waals surface area contributed by atoms with E-state index in [1.807, 2.05) is 0 Å². The smallest absolute Gasteiger partial charge is 0.263 e. The molecule has 2 amide bonds. The maximum Gasteiger partial charge on any atom is 0.263 e. The molecule has 0 bridgehead atoms.